The van der Waals surface area contributed by atoms with Crippen LogP contribution in [0, 0.1) is 6.92 Å². The van der Waals surface area contributed by atoms with Gasteiger partial charge in [0.25, 0.3) is 5.91 Å². The number of hydrogen-bond acceptors (Lipinski definition) is 5. The van der Waals surface area contributed by atoms with E-state index in [0.717, 1.165) is 16.5 Å². The predicted molar refractivity (Wildman–Crippen MR) is 101 cm³/mol. The third kappa shape index (κ3) is 3.62. The van der Waals surface area contributed by atoms with Crippen LogP contribution in [0.4, 0.5) is 5.69 Å². The number of anilines is 1. The summed E-state index contributed by atoms with van der Waals surface area (Å²) in [7, 11) is 0. The highest BCUT2D eigenvalue weighted by molar-refractivity contribution is 6.03. The molecule has 2 aromatic carbocycles. The van der Waals surface area contributed by atoms with E-state index >= 15 is 0 Å². The number of aromatic nitrogens is 3. The lowest BCUT2D eigenvalue weighted by atomic mass is 10.1. The number of nitrogens with one attached hydrogen (secondary N) is 1. The molecule has 0 saturated heterocycles. The van der Waals surface area contributed by atoms with Crippen molar-refractivity contribution in [3.8, 4) is 0 Å². The fraction of sp³-hybridized carbons (Fsp3) is 0.100. The highest BCUT2D eigenvalue weighted by atomic mass is 16.4. The fourth-order valence-electron chi connectivity index (χ4n) is 2.85. The third-order valence-corrected chi connectivity index (χ3v) is 4.17. The van der Waals surface area contributed by atoms with Gasteiger partial charge in [-0.05, 0) is 30.2 Å². The molecule has 1 amide bonds. The van der Waals surface area contributed by atoms with Crippen molar-refractivity contribution in [1.82, 2.24) is 15.0 Å². The molecule has 134 valence electrons. The van der Waals surface area contributed by atoms with Gasteiger partial charge in [0.1, 0.15) is 5.58 Å². The van der Waals surface area contributed by atoms with E-state index in [1.54, 1.807) is 29.1 Å². The summed E-state index contributed by atoms with van der Waals surface area (Å²) in [5.41, 5.74) is 2.60. The Morgan fingerprint density at radius 3 is 2.78 bits per heavy atom. The van der Waals surface area contributed by atoms with Crippen LogP contribution in [-0.2, 0) is 6.54 Å². The van der Waals surface area contributed by atoms with Crippen LogP contribution in [0.2, 0.25) is 0 Å². The smallest absolute Gasteiger partial charge is 0.336 e. The van der Waals surface area contributed by atoms with Crippen LogP contribution in [0.3, 0.4) is 0 Å². The first-order valence-corrected chi connectivity index (χ1v) is 8.38. The Balaban J connectivity index is 1.52. The van der Waals surface area contributed by atoms with E-state index in [9.17, 15) is 9.59 Å². The van der Waals surface area contributed by atoms with E-state index in [2.05, 4.69) is 15.6 Å². The van der Waals surface area contributed by atoms with Crippen molar-refractivity contribution in [2.24, 2.45) is 0 Å². The summed E-state index contributed by atoms with van der Waals surface area (Å²) in [5.74, 6) is -0.385. The van der Waals surface area contributed by atoms with Crippen molar-refractivity contribution in [1.29, 1.82) is 0 Å². The molecule has 0 unspecified atom stereocenters. The van der Waals surface area contributed by atoms with Gasteiger partial charge in [0, 0.05) is 23.2 Å². The molecule has 4 rings (SSSR count). The number of benzene rings is 2. The topological polar surface area (TPSA) is 90.0 Å². The van der Waals surface area contributed by atoms with Crippen LogP contribution < -0.4 is 10.9 Å². The van der Waals surface area contributed by atoms with Crippen LogP contribution in [0.25, 0.3) is 11.0 Å². The second-order valence-electron chi connectivity index (χ2n) is 6.20. The van der Waals surface area contributed by atoms with Crippen molar-refractivity contribution in [2.75, 3.05) is 5.32 Å². The van der Waals surface area contributed by atoms with Crippen LogP contribution in [0.15, 0.2) is 70.0 Å². The molecule has 0 aliphatic heterocycles. The first-order chi connectivity index (χ1) is 13.1. The summed E-state index contributed by atoms with van der Waals surface area (Å²) in [4.78, 5) is 24.0. The van der Waals surface area contributed by atoms with Crippen LogP contribution in [0.5, 0.6) is 0 Å². The maximum absolute atomic E-state index is 12.4. The van der Waals surface area contributed by atoms with Crippen LogP contribution in [0.1, 0.15) is 21.6 Å². The van der Waals surface area contributed by atoms with Crippen molar-refractivity contribution in [2.45, 2.75) is 13.5 Å². The average molecular weight is 360 g/mol. The molecule has 0 atom stereocenters. The van der Waals surface area contributed by atoms with Gasteiger partial charge in [-0.3, -0.25) is 4.79 Å². The molecule has 7 nitrogen and oxygen atoms in total. The zero-order valence-electron chi connectivity index (χ0n) is 14.5. The van der Waals surface area contributed by atoms with Crippen molar-refractivity contribution in [3.05, 3.63) is 88.0 Å². The third-order valence-electron chi connectivity index (χ3n) is 4.17. The SMILES string of the molecule is Cc1cc(=O)oc2cc(NC(=O)c3cn(Cc4ccccc4)nn3)ccc12. The number of carbonyl (C=O) groups is 1. The predicted octanol–water partition coefficient (Wildman–Crippen LogP) is 2.99. The summed E-state index contributed by atoms with van der Waals surface area (Å²) >= 11 is 0. The van der Waals surface area contributed by atoms with E-state index in [0.29, 0.717) is 17.8 Å². The van der Waals surface area contributed by atoms with Gasteiger partial charge < -0.3 is 9.73 Å². The summed E-state index contributed by atoms with van der Waals surface area (Å²) in [6.07, 6.45) is 1.59. The maximum atomic E-state index is 12.4. The summed E-state index contributed by atoms with van der Waals surface area (Å²) in [6.45, 7) is 2.37. The number of amides is 1. The Labute approximate surface area is 154 Å². The number of hydrogen-bond donors (Lipinski definition) is 1. The number of fused-ring (bicyclic) bond motifs is 1. The minimum atomic E-state index is -0.424. The van der Waals surface area contributed by atoms with Gasteiger partial charge in [0.05, 0.1) is 12.7 Å². The lowest BCUT2D eigenvalue weighted by Gasteiger charge is -2.05. The monoisotopic (exact) mass is 360 g/mol. The summed E-state index contributed by atoms with van der Waals surface area (Å²) < 4.78 is 6.81. The highest BCUT2D eigenvalue weighted by Crippen LogP contribution is 2.21. The first kappa shape index (κ1) is 16.7. The normalized spacial score (nSPS) is 10.9. The minimum Gasteiger partial charge on any atom is -0.423 e. The van der Waals surface area contributed by atoms with Gasteiger partial charge >= 0.3 is 5.63 Å². The van der Waals surface area contributed by atoms with Crippen molar-refractivity contribution in [3.63, 3.8) is 0 Å². The van der Waals surface area contributed by atoms with E-state index < -0.39 is 5.63 Å². The Morgan fingerprint density at radius 1 is 1.15 bits per heavy atom. The van der Waals surface area contributed by atoms with E-state index in [1.165, 1.54) is 6.07 Å². The first-order valence-electron chi connectivity index (χ1n) is 8.38. The van der Waals surface area contributed by atoms with Gasteiger partial charge in [-0.2, -0.15) is 0 Å². The molecule has 0 fully saturated rings. The molecule has 2 aromatic heterocycles. The number of rotatable bonds is 4. The Hall–Kier alpha value is -3.74. The highest BCUT2D eigenvalue weighted by Gasteiger charge is 2.12. The summed E-state index contributed by atoms with van der Waals surface area (Å²) in [5, 5.41) is 11.5. The zero-order valence-corrected chi connectivity index (χ0v) is 14.5. The quantitative estimate of drug-likeness (QED) is 0.565. The molecule has 0 radical (unpaired) electrons. The molecule has 2 heterocycles. The Bertz CT molecular complexity index is 1180. The molecule has 4 aromatic rings. The van der Waals surface area contributed by atoms with Gasteiger partial charge in [-0.15, -0.1) is 5.10 Å². The molecule has 0 bridgehead atoms. The minimum absolute atomic E-state index is 0.205. The fourth-order valence-corrected chi connectivity index (χ4v) is 2.85. The Kier molecular flexibility index (Phi) is 4.25. The molecular formula is C20H16N4O3. The lowest BCUT2D eigenvalue weighted by molar-refractivity contribution is 0.102. The van der Waals surface area contributed by atoms with Crippen LogP contribution >= 0.6 is 0 Å². The molecule has 27 heavy (non-hydrogen) atoms. The number of nitrogens with zero attached hydrogens (tertiary/aromatic N) is 3. The van der Waals surface area contributed by atoms with E-state index in [-0.39, 0.29) is 11.6 Å². The van der Waals surface area contributed by atoms with Gasteiger partial charge in [-0.25, -0.2) is 9.48 Å². The van der Waals surface area contributed by atoms with Crippen molar-refractivity contribution < 1.29 is 9.21 Å². The maximum Gasteiger partial charge on any atom is 0.336 e. The van der Waals surface area contributed by atoms with Gasteiger partial charge in [0.15, 0.2) is 5.69 Å². The van der Waals surface area contributed by atoms with Crippen LogP contribution in [-0.4, -0.2) is 20.9 Å². The lowest BCUT2D eigenvalue weighted by Crippen LogP contribution is -2.12. The standard InChI is InChI=1S/C20H16N4O3/c1-13-9-19(25)27-18-10-15(7-8-16(13)18)21-20(26)17-12-24(23-22-17)11-14-5-3-2-4-6-14/h2-10,12H,11H2,1H3,(H,21,26). The van der Waals surface area contributed by atoms with Crippen molar-refractivity contribution >= 4 is 22.6 Å². The molecule has 7 heteroatoms. The second-order valence-corrected chi connectivity index (χ2v) is 6.20. The number of aryl methyl sites for hydroxylation is 1. The second kappa shape index (κ2) is 6.87. The van der Waals surface area contributed by atoms with E-state index in [1.807, 2.05) is 37.3 Å². The molecule has 0 saturated carbocycles. The molecule has 1 N–H and O–H groups in total. The summed E-state index contributed by atoms with van der Waals surface area (Å²) in [6, 6.07) is 16.4. The van der Waals surface area contributed by atoms with Gasteiger partial charge in [-0.1, -0.05) is 35.5 Å². The zero-order chi connectivity index (χ0) is 18.8. The largest absolute Gasteiger partial charge is 0.423 e. The van der Waals surface area contributed by atoms with E-state index in [4.69, 9.17) is 4.42 Å². The van der Waals surface area contributed by atoms with Gasteiger partial charge in [0.2, 0.25) is 0 Å². The Morgan fingerprint density at radius 2 is 1.96 bits per heavy atom. The average Bonchev–Trinajstić information content (AvgIpc) is 3.11. The number of carbonyl (C=O) groups excluding carboxylic acids is 1. The molecule has 0 aliphatic carbocycles. The molecule has 0 spiro atoms. The molecule has 0 aliphatic rings. The molecular weight excluding hydrogens is 344 g/mol.